The minimum atomic E-state index is -3.59. The number of anilines is 1. The van der Waals surface area contributed by atoms with Gasteiger partial charge in [-0.3, -0.25) is 4.79 Å². The van der Waals surface area contributed by atoms with Crippen LogP contribution in [0.4, 0.5) is 5.69 Å². The topological polar surface area (TPSA) is 78.5 Å². The molecule has 1 aromatic carbocycles. The molecule has 0 saturated carbocycles. The fourth-order valence-electron chi connectivity index (χ4n) is 1.42. The molecule has 2 N–H and O–H groups in total. The lowest BCUT2D eigenvalue weighted by Crippen LogP contribution is -2.24. The van der Waals surface area contributed by atoms with Gasteiger partial charge in [-0.1, -0.05) is 0 Å². The lowest BCUT2D eigenvalue weighted by atomic mass is 10.2. The van der Waals surface area contributed by atoms with E-state index in [1.54, 1.807) is 19.2 Å². The maximum atomic E-state index is 12.1. The summed E-state index contributed by atoms with van der Waals surface area (Å²) in [5.74, 6) is -0.326. The highest BCUT2D eigenvalue weighted by atomic mass is 32.2. The summed E-state index contributed by atoms with van der Waals surface area (Å²) >= 11 is 0. The van der Waals surface area contributed by atoms with Crippen molar-refractivity contribution in [3.63, 3.8) is 0 Å². The van der Waals surface area contributed by atoms with Gasteiger partial charge in [-0.2, -0.15) is 0 Å². The predicted molar refractivity (Wildman–Crippen MR) is 70.3 cm³/mol. The zero-order valence-electron chi connectivity index (χ0n) is 10.8. The molecule has 7 heteroatoms. The zero-order valence-corrected chi connectivity index (χ0v) is 11.6. The third-order valence-electron chi connectivity index (χ3n) is 2.50. The van der Waals surface area contributed by atoms with Crippen LogP contribution >= 0.6 is 0 Å². The minimum absolute atomic E-state index is 0.0797. The third kappa shape index (κ3) is 2.62. The molecular weight excluding hydrogens is 254 g/mol. The molecule has 1 rings (SSSR count). The number of nitrogens with zero attached hydrogens (tertiary/aromatic N) is 1. The quantitative estimate of drug-likeness (QED) is 0.827. The first-order valence-corrected chi connectivity index (χ1v) is 6.75. The molecule has 1 aromatic rings. The Morgan fingerprint density at radius 1 is 1.22 bits per heavy atom. The predicted octanol–water partition coefficient (Wildman–Crippen LogP) is 0.338. The van der Waals surface area contributed by atoms with Crippen molar-refractivity contribution in [2.75, 3.05) is 33.5 Å². The first-order valence-electron chi connectivity index (χ1n) is 5.31. The fourth-order valence-corrected chi connectivity index (χ4v) is 2.54. The van der Waals surface area contributed by atoms with Crippen LogP contribution in [0.1, 0.15) is 10.4 Å². The van der Waals surface area contributed by atoms with Crippen molar-refractivity contribution in [2.24, 2.45) is 0 Å². The maximum Gasteiger partial charge on any atom is 0.251 e. The molecule has 0 fully saturated rings. The van der Waals surface area contributed by atoms with Gasteiger partial charge in [-0.15, -0.1) is 0 Å². The number of carbonyl (C=O) groups is 1. The van der Waals surface area contributed by atoms with E-state index in [0.717, 1.165) is 4.31 Å². The minimum Gasteiger partial charge on any atom is -0.387 e. The van der Waals surface area contributed by atoms with Gasteiger partial charge in [0.15, 0.2) is 0 Å². The van der Waals surface area contributed by atoms with Crippen LogP contribution in [0.3, 0.4) is 0 Å². The molecule has 6 nitrogen and oxygen atoms in total. The van der Waals surface area contributed by atoms with Gasteiger partial charge < -0.3 is 10.6 Å². The number of hydrogen-bond acceptors (Lipinski definition) is 4. The van der Waals surface area contributed by atoms with Crippen LogP contribution in [-0.4, -0.2) is 46.8 Å². The van der Waals surface area contributed by atoms with Gasteiger partial charge in [0.2, 0.25) is 10.0 Å². The SMILES string of the molecule is CNC(=O)c1ccc(NC)c(S(=O)(=O)N(C)C)c1. The Hall–Kier alpha value is -1.60. The van der Waals surface area contributed by atoms with Crippen LogP contribution < -0.4 is 10.6 Å². The molecule has 0 aliphatic heterocycles. The number of benzene rings is 1. The number of rotatable bonds is 4. The van der Waals surface area contributed by atoms with Crippen LogP contribution in [0, 0.1) is 0 Å². The summed E-state index contributed by atoms with van der Waals surface area (Å²) in [7, 11) is 2.42. The van der Waals surface area contributed by atoms with E-state index in [2.05, 4.69) is 10.6 Å². The number of amides is 1. The van der Waals surface area contributed by atoms with E-state index in [1.165, 1.54) is 27.2 Å². The van der Waals surface area contributed by atoms with E-state index < -0.39 is 10.0 Å². The lowest BCUT2D eigenvalue weighted by molar-refractivity contribution is 0.0963. The zero-order chi connectivity index (χ0) is 13.9. The van der Waals surface area contributed by atoms with E-state index in [9.17, 15) is 13.2 Å². The summed E-state index contributed by atoms with van der Waals surface area (Å²) in [5, 5.41) is 5.26. The van der Waals surface area contributed by atoms with Crippen molar-refractivity contribution in [1.82, 2.24) is 9.62 Å². The molecule has 0 heterocycles. The molecule has 0 saturated heterocycles. The first kappa shape index (κ1) is 14.5. The number of carbonyl (C=O) groups excluding carboxylic acids is 1. The van der Waals surface area contributed by atoms with Crippen molar-refractivity contribution in [2.45, 2.75) is 4.90 Å². The van der Waals surface area contributed by atoms with Crippen LogP contribution in [0.15, 0.2) is 23.1 Å². The van der Waals surface area contributed by atoms with Gasteiger partial charge in [0.05, 0.1) is 5.69 Å². The summed E-state index contributed by atoms with van der Waals surface area (Å²) in [4.78, 5) is 11.6. The Morgan fingerprint density at radius 2 is 1.83 bits per heavy atom. The molecule has 0 spiro atoms. The summed E-state index contributed by atoms with van der Waals surface area (Å²) < 4.78 is 25.4. The first-order chi connectivity index (χ1) is 8.34. The van der Waals surface area contributed by atoms with E-state index in [4.69, 9.17) is 0 Å². The molecule has 1 amide bonds. The lowest BCUT2D eigenvalue weighted by Gasteiger charge is -2.15. The Labute approximate surface area is 107 Å². The summed E-state index contributed by atoms with van der Waals surface area (Å²) in [6.07, 6.45) is 0. The van der Waals surface area contributed by atoms with Crippen LogP contribution in [-0.2, 0) is 10.0 Å². The van der Waals surface area contributed by atoms with Crippen molar-refractivity contribution < 1.29 is 13.2 Å². The molecule has 100 valence electrons. The van der Waals surface area contributed by atoms with Gasteiger partial charge in [0.25, 0.3) is 5.91 Å². The van der Waals surface area contributed by atoms with Crippen molar-refractivity contribution in [3.8, 4) is 0 Å². The monoisotopic (exact) mass is 271 g/mol. The maximum absolute atomic E-state index is 12.1. The Bertz CT molecular complexity index is 553. The van der Waals surface area contributed by atoms with E-state index in [1.807, 2.05) is 0 Å². The summed E-state index contributed by atoms with van der Waals surface area (Å²) in [5.41, 5.74) is 0.758. The van der Waals surface area contributed by atoms with Gasteiger partial charge in [-0.25, -0.2) is 12.7 Å². The second-order valence-electron chi connectivity index (χ2n) is 3.83. The molecule has 18 heavy (non-hydrogen) atoms. The Balaban J connectivity index is 3.45. The highest BCUT2D eigenvalue weighted by Crippen LogP contribution is 2.24. The third-order valence-corrected chi connectivity index (χ3v) is 4.35. The van der Waals surface area contributed by atoms with Crippen molar-refractivity contribution >= 4 is 21.6 Å². The van der Waals surface area contributed by atoms with Crippen molar-refractivity contribution in [3.05, 3.63) is 23.8 Å². The van der Waals surface area contributed by atoms with E-state index in [-0.39, 0.29) is 10.8 Å². The largest absolute Gasteiger partial charge is 0.387 e. The fraction of sp³-hybridized carbons (Fsp3) is 0.364. The molecule has 0 bridgehead atoms. The number of hydrogen-bond donors (Lipinski definition) is 2. The molecule has 0 aromatic heterocycles. The van der Waals surface area contributed by atoms with Crippen LogP contribution in [0.2, 0.25) is 0 Å². The molecule has 0 radical (unpaired) electrons. The molecule has 0 unspecified atom stereocenters. The summed E-state index contributed by atoms with van der Waals surface area (Å²) in [6.45, 7) is 0. The average molecular weight is 271 g/mol. The second-order valence-corrected chi connectivity index (χ2v) is 5.95. The smallest absolute Gasteiger partial charge is 0.251 e. The van der Waals surface area contributed by atoms with Crippen molar-refractivity contribution in [1.29, 1.82) is 0 Å². The normalized spacial score (nSPS) is 11.4. The summed E-state index contributed by atoms with van der Waals surface area (Å²) in [6, 6.07) is 4.50. The number of sulfonamides is 1. The van der Waals surface area contributed by atoms with Gasteiger partial charge in [0.1, 0.15) is 4.90 Å². The van der Waals surface area contributed by atoms with Crippen LogP contribution in [0.25, 0.3) is 0 Å². The van der Waals surface area contributed by atoms with Gasteiger partial charge in [-0.05, 0) is 18.2 Å². The van der Waals surface area contributed by atoms with E-state index in [0.29, 0.717) is 11.3 Å². The molecule has 0 aliphatic carbocycles. The number of nitrogens with one attached hydrogen (secondary N) is 2. The highest BCUT2D eigenvalue weighted by molar-refractivity contribution is 7.89. The second kappa shape index (κ2) is 5.36. The molecule has 0 atom stereocenters. The Morgan fingerprint density at radius 3 is 2.28 bits per heavy atom. The van der Waals surface area contributed by atoms with Gasteiger partial charge >= 0.3 is 0 Å². The molecule has 0 aliphatic rings. The molecular formula is C11H17N3O3S. The standard InChI is InChI=1S/C11H17N3O3S/c1-12-9-6-5-8(11(15)13-2)7-10(9)18(16,17)14(3)4/h5-7,12H,1-4H3,(H,13,15). The van der Waals surface area contributed by atoms with E-state index >= 15 is 0 Å². The highest BCUT2D eigenvalue weighted by Gasteiger charge is 2.22. The Kier molecular flexibility index (Phi) is 4.31. The van der Waals surface area contributed by atoms with Gasteiger partial charge in [0, 0.05) is 33.8 Å². The van der Waals surface area contributed by atoms with Crippen LogP contribution in [0.5, 0.6) is 0 Å². The average Bonchev–Trinajstić information content (AvgIpc) is 2.36.